The van der Waals surface area contributed by atoms with E-state index in [0.29, 0.717) is 25.3 Å². The third-order valence-electron chi connectivity index (χ3n) is 4.18. The van der Waals surface area contributed by atoms with Crippen molar-refractivity contribution in [2.24, 2.45) is 0 Å². The lowest BCUT2D eigenvalue weighted by atomic mass is 10.2. The third kappa shape index (κ3) is 4.01. The molecule has 1 fully saturated rings. The molecule has 1 aliphatic heterocycles. The maximum Gasteiger partial charge on any atom is 0.410 e. The number of methoxy groups -OCH3 is 1. The molecule has 0 spiro atoms. The van der Waals surface area contributed by atoms with Crippen LogP contribution in [0.3, 0.4) is 0 Å². The van der Waals surface area contributed by atoms with Gasteiger partial charge in [-0.15, -0.1) is 0 Å². The molecule has 1 aromatic carbocycles. The molecule has 1 saturated heterocycles. The van der Waals surface area contributed by atoms with E-state index in [0.717, 1.165) is 16.5 Å². The Balaban J connectivity index is 1.69. The fourth-order valence-electron chi connectivity index (χ4n) is 2.91. The molecule has 1 unspecified atom stereocenters. The van der Waals surface area contributed by atoms with Crippen molar-refractivity contribution in [3.8, 4) is 0 Å². The summed E-state index contributed by atoms with van der Waals surface area (Å²) in [5, 5.41) is 7.14. The second kappa shape index (κ2) is 7.69. The summed E-state index contributed by atoms with van der Waals surface area (Å²) in [5.41, 5.74) is 1.07. The van der Waals surface area contributed by atoms with Crippen molar-refractivity contribution in [1.29, 1.82) is 0 Å². The van der Waals surface area contributed by atoms with E-state index in [2.05, 4.69) is 26.3 Å². The van der Waals surface area contributed by atoms with Gasteiger partial charge in [-0.05, 0) is 30.5 Å². The van der Waals surface area contributed by atoms with Crippen molar-refractivity contribution in [1.82, 2.24) is 14.7 Å². The Labute approximate surface area is 154 Å². The van der Waals surface area contributed by atoms with Gasteiger partial charge in [-0.25, -0.2) is 9.48 Å². The number of anilines is 1. The Hall–Kier alpha value is -2.35. The van der Waals surface area contributed by atoms with Crippen LogP contribution in [0.5, 0.6) is 0 Å². The van der Waals surface area contributed by atoms with Crippen LogP contribution in [0.4, 0.5) is 10.6 Å². The molecule has 132 valence electrons. The number of amides is 2. The van der Waals surface area contributed by atoms with Gasteiger partial charge < -0.3 is 10.1 Å². The van der Waals surface area contributed by atoms with Crippen LogP contribution in [0.1, 0.15) is 18.4 Å². The first-order valence-corrected chi connectivity index (χ1v) is 8.79. The maximum absolute atomic E-state index is 12.6. The molecular formula is C17H19BrN4O3. The van der Waals surface area contributed by atoms with Gasteiger partial charge in [-0.3, -0.25) is 9.69 Å². The van der Waals surface area contributed by atoms with Crippen molar-refractivity contribution in [3.05, 3.63) is 46.6 Å². The van der Waals surface area contributed by atoms with Crippen LogP contribution in [0.25, 0.3) is 0 Å². The minimum absolute atomic E-state index is 0.222. The molecule has 3 rings (SSSR count). The van der Waals surface area contributed by atoms with Gasteiger partial charge in [0.15, 0.2) is 0 Å². The van der Waals surface area contributed by atoms with Crippen molar-refractivity contribution >= 4 is 33.7 Å². The van der Waals surface area contributed by atoms with Gasteiger partial charge in [0.1, 0.15) is 11.9 Å². The van der Waals surface area contributed by atoms with E-state index in [4.69, 9.17) is 4.74 Å². The first-order chi connectivity index (χ1) is 12.1. The molecular weight excluding hydrogens is 388 g/mol. The first-order valence-electron chi connectivity index (χ1n) is 8.00. The van der Waals surface area contributed by atoms with E-state index in [9.17, 15) is 9.59 Å². The summed E-state index contributed by atoms with van der Waals surface area (Å²) in [7, 11) is 1.32. The molecule has 1 N–H and O–H groups in total. The molecule has 2 amide bonds. The number of aromatic nitrogens is 2. The smallest absolute Gasteiger partial charge is 0.410 e. The van der Waals surface area contributed by atoms with Gasteiger partial charge in [0, 0.05) is 17.1 Å². The lowest BCUT2D eigenvalue weighted by molar-refractivity contribution is -0.120. The average molecular weight is 407 g/mol. The van der Waals surface area contributed by atoms with Crippen LogP contribution in [-0.2, 0) is 16.1 Å². The maximum atomic E-state index is 12.6. The Morgan fingerprint density at radius 1 is 1.32 bits per heavy atom. The Bertz CT molecular complexity index is 760. The number of carbonyl (C=O) groups excluding carboxylic acids is 2. The SMILES string of the molecule is COC(=O)N1CCCC1C(=O)Nc1ccnn1Cc1ccc(Br)cc1. The monoisotopic (exact) mass is 406 g/mol. The van der Waals surface area contributed by atoms with Crippen molar-refractivity contribution < 1.29 is 14.3 Å². The zero-order chi connectivity index (χ0) is 17.8. The van der Waals surface area contributed by atoms with Crippen LogP contribution in [-0.4, -0.2) is 46.4 Å². The molecule has 2 aromatic rings. The van der Waals surface area contributed by atoms with Crippen molar-refractivity contribution in [3.63, 3.8) is 0 Å². The minimum atomic E-state index is -0.511. The predicted molar refractivity (Wildman–Crippen MR) is 96.2 cm³/mol. The fourth-order valence-corrected chi connectivity index (χ4v) is 3.18. The summed E-state index contributed by atoms with van der Waals surface area (Å²) in [5.74, 6) is 0.380. The molecule has 0 radical (unpaired) electrons. The number of carbonyl (C=O) groups is 2. The number of nitrogens with one attached hydrogen (secondary N) is 1. The second-order valence-corrected chi connectivity index (χ2v) is 6.73. The second-order valence-electron chi connectivity index (χ2n) is 5.81. The topological polar surface area (TPSA) is 76.5 Å². The minimum Gasteiger partial charge on any atom is -0.453 e. The van der Waals surface area contributed by atoms with Gasteiger partial charge in [0.2, 0.25) is 5.91 Å². The van der Waals surface area contributed by atoms with E-state index in [1.165, 1.54) is 12.0 Å². The van der Waals surface area contributed by atoms with E-state index >= 15 is 0 Å². The first kappa shape index (κ1) is 17.5. The number of ether oxygens (including phenoxy) is 1. The third-order valence-corrected chi connectivity index (χ3v) is 4.71. The summed E-state index contributed by atoms with van der Waals surface area (Å²) in [6.07, 6.45) is 2.58. The molecule has 25 heavy (non-hydrogen) atoms. The van der Waals surface area contributed by atoms with Crippen LogP contribution < -0.4 is 5.32 Å². The van der Waals surface area contributed by atoms with Crippen LogP contribution in [0.2, 0.25) is 0 Å². The highest BCUT2D eigenvalue weighted by Crippen LogP contribution is 2.20. The number of hydrogen-bond acceptors (Lipinski definition) is 4. The molecule has 0 bridgehead atoms. The molecule has 7 nitrogen and oxygen atoms in total. The fraction of sp³-hybridized carbons (Fsp3) is 0.353. The molecule has 8 heteroatoms. The lowest BCUT2D eigenvalue weighted by Crippen LogP contribution is -2.43. The number of likely N-dealkylation sites (tertiary alicyclic amines) is 1. The van der Waals surface area contributed by atoms with E-state index in [-0.39, 0.29) is 5.91 Å². The summed E-state index contributed by atoms with van der Waals surface area (Å²) >= 11 is 3.41. The van der Waals surface area contributed by atoms with Gasteiger partial charge in [0.05, 0.1) is 19.9 Å². The zero-order valence-electron chi connectivity index (χ0n) is 13.8. The van der Waals surface area contributed by atoms with E-state index in [1.54, 1.807) is 16.9 Å². The number of halogens is 1. The highest BCUT2D eigenvalue weighted by atomic mass is 79.9. The Morgan fingerprint density at radius 3 is 2.80 bits per heavy atom. The standard InChI is InChI=1S/C17H19BrN4O3/c1-25-17(24)21-10-2-3-14(21)16(23)20-15-8-9-19-22(15)11-12-4-6-13(18)7-5-12/h4-9,14H,2-3,10-11H2,1H3,(H,20,23). The van der Waals surface area contributed by atoms with E-state index in [1.807, 2.05) is 24.3 Å². The summed E-state index contributed by atoms with van der Waals surface area (Å²) in [4.78, 5) is 25.8. The molecule has 1 aliphatic rings. The summed E-state index contributed by atoms with van der Waals surface area (Å²) in [6, 6.07) is 9.14. The molecule has 0 aliphatic carbocycles. The van der Waals surface area contributed by atoms with Gasteiger partial charge >= 0.3 is 6.09 Å². The van der Waals surface area contributed by atoms with Crippen LogP contribution >= 0.6 is 15.9 Å². The van der Waals surface area contributed by atoms with Crippen molar-refractivity contribution in [2.75, 3.05) is 19.0 Å². The highest BCUT2D eigenvalue weighted by Gasteiger charge is 2.35. The quantitative estimate of drug-likeness (QED) is 0.846. The number of rotatable bonds is 4. The summed E-state index contributed by atoms with van der Waals surface area (Å²) in [6.45, 7) is 1.07. The molecule has 2 heterocycles. The predicted octanol–water partition coefficient (Wildman–Crippen LogP) is 2.86. The van der Waals surface area contributed by atoms with E-state index < -0.39 is 12.1 Å². The molecule has 1 atom stereocenters. The molecule has 0 saturated carbocycles. The normalized spacial score (nSPS) is 16.7. The van der Waals surface area contributed by atoms with Crippen LogP contribution in [0.15, 0.2) is 41.0 Å². The van der Waals surface area contributed by atoms with Crippen LogP contribution in [0, 0.1) is 0 Å². The number of hydrogen-bond donors (Lipinski definition) is 1. The Kier molecular flexibility index (Phi) is 5.37. The lowest BCUT2D eigenvalue weighted by Gasteiger charge is -2.22. The Morgan fingerprint density at radius 2 is 2.08 bits per heavy atom. The number of benzene rings is 1. The average Bonchev–Trinajstić information content (AvgIpc) is 3.26. The molecule has 1 aromatic heterocycles. The highest BCUT2D eigenvalue weighted by molar-refractivity contribution is 9.10. The van der Waals surface area contributed by atoms with Gasteiger partial charge in [-0.1, -0.05) is 28.1 Å². The van der Waals surface area contributed by atoms with Gasteiger partial charge in [0.25, 0.3) is 0 Å². The zero-order valence-corrected chi connectivity index (χ0v) is 15.4. The van der Waals surface area contributed by atoms with Crippen molar-refractivity contribution in [2.45, 2.75) is 25.4 Å². The number of nitrogens with zero attached hydrogens (tertiary/aromatic N) is 3. The summed E-state index contributed by atoms with van der Waals surface area (Å²) < 4.78 is 7.48. The van der Waals surface area contributed by atoms with Gasteiger partial charge in [-0.2, -0.15) is 5.10 Å². The largest absolute Gasteiger partial charge is 0.453 e.